The van der Waals surface area contributed by atoms with Crippen molar-refractivity contribution in [2.45, 2.75) is 25.1 Å². The number of aromatic hydroxyl groups is 1. The fraction of sp³-hybridized carbons (Fsp3) is 0.409. The molecule has 1 saturated heterocycles. The molecule has 0 amide bonds. The zero-order chi connectivity index (χ0) is 22.2. The van der Waals surface area contributed by atoms with Gasteiger partial charge in [-0.15, -0.1) is 0 Å². The van der Waals surface area contributed by atoms with E-state index in [0.29, 0.717) is 32.0 Å². The number of phenols is 1. The number of hydrogen-bond acceptors (Lipinski definition) is 6. The molecule has 1 fully saturated rings. The van der Waals surface area contributed by atoms with Crippen LogP contribution in [0.15, 0.2) is 36.4 Å². The van der Waals surface area contributed by atoms with E-state index in [1.807, 2.05) is 4.90 Å². The molecule has 166 valence electrons. The molecule has 2 aromatic carbocycles. The number of ketones is 1. The topological polar surface area (TPSA) is 68.2 Å². The van der Waals surface area contributed by atoms with Gasteiger partial charge in [-0.1, -0.05) is 6.07 Å². The summed E-state index contributed by atoms with van der Waals surface area (Å²) in [5.41, 5.74) is -1.11. The number of carbonyl (C=O) groups excluding carboxylic acids is 1. The summed E-state index contributed by atoms with van der Waals surface area (Å²) in [4.78, 5) is 14.7. The van der Waals surface area contributed by atoms with Crippen molar-refractivity contribution >= 4 is 11.5 Å². The smallest absolute Gasteiger partial charge is 0.416 e. The maximum absolute atomic E-state index is 12.9. The molecule has 0 spiro atoms. The Morgan fingerprint density at radius 2 is 1.94 bits per heavy atom. The van der Waals surface area contributed by atoms with Gasteiger partial charge in [0.1, 0.15) is 35.0 Å². The van der Waals surface area contributed by atoms with Gasteiger partial charge < -0.3 is 24.2 Å². The molecule has 2 aliphatic rings. The number of hydrogen-bond donors (Lipinski definition) is 1. The molecule has 0 aliphatic carbocycles. The molecule has 9 heteroatoms. The highest BCUT2D eigenvalue weighted by molar-refractivity contribution is 6.03. The van der Waals surface area contributed by atoms with Crippen LogP contribution in [0.5, 0.6) is 17.2 Å². The largest absolute Gasteiger partial charge is 0.507 e. The van der Waals surface area contributed by atoms with Crippen LogP contribution in [0.3, 0.4) is 0 Å². The van der Waals surface area contributed by atoms with Crippen LogP contribution in [0.25, 0.3) is 0 Å². The Balaban J connectivity index is 1.54. The summed E-state index contributed by atoms with van der Waals surface area (Å²) >= 11 is 0. The van der Waals surface area contributed by atoms with Crippen molar-refractivity contribution in [2.24, 2.45) is 0 Å². The van der Waals surface area contributed by atoms with E-state index < -0.39 is 17.3 Å². The first-order valence-corrected chi connectivity index (χ1v) is 9.87. The molecule has 1 unspecified atom stereocenters. The van der Waals surface area contributed by atoms with Crippen LogP contribution in [0.2, 0.25) is 0 Å². The molecule has 0 bridgehead atoms. The number of anilines is 1. The zero-order valence-corrected chi connectivity index (χ0v) is 16.9. The van der Waals surface area contributed by atoms with E-state index in [-0.39, 0.29) is 41.6 Å². The standard InChI is InChI=1S/C22H22F3NO5/c1-21(13-30-16-4-2-3-14(9-16)22(23,24)25)12-18(28)20-17(27)10-15(11-19(20)31-21)26-5-7-29-8-6-26/h2-4,9-11,27H,5-8,12-13H2,1H3. The lowest BCUT2D eigenvalue weighted by molar-refractivity contribution is -0.137. The van der Waals surface area contributed by atoms with Gasteiger partial charge in [-0.05, 0) is 25.1 Å². The van der Waals surface area contributed by atoms with Crippen LogP contribution in [0.4, 0.5) is 18.9 Å². The summed E-state index contributed by atoms with van der Waals surface area (Å²) in [6.07, 6.45) is -4.56. The molecule has 31 heavy (non-hydrogen) atoms. The maximum Gasteiger partial charge on any atom is 0.416 e. The van der Waals surface area contributed by atoms with Gasteiger partial charge in [0.2, 0.25) is 0 Å². The predicted octanol–water partition coefficient (Wildman–Crippen LogP) is 4.05. The fourth-order valence-corrected chi connectivity index (χ4v) is 3.76. The fourth-order valence-electron chi connectivity index (χ4n) is 3.76. The summed E-state index contributed by atoms with van der Waals surface area (Å²) in [6.45, 7) is 3.91. The molecule has 2 aliphatic heterocycles. The number of benzene rings is 2. The van der Waals surface area contributed by atoms with E-state index in [4.69, 9.17) is 14.2 Å². The molecule has 2 aromatic rings. The van der Waals surface area contributed by atoms with E-state index in [0.717, 1.165) is 12.1 Å². The van der Waals surface area contributed by atoms with Crippen molar-refractivity contribution in [3.63, 3.8) is 0 Å². The normalized spacial score (nSPS) is 21.4. The molecule has 2 heterocycles. The third kappa shape index (κ3) is 4.56. The Hall–Kier alpha value is -2.94. The van der Waals surface area contributed by atoms with Gasteiger partial charge in [-0.3, -0.25) is 4.79 Å². The number of morpholine rings is 1. The van der Waals surface area contributed by atoms with Crippen molar-refractivity contribution < 1.29 is 37.3 Å². The number of halogens is 3. The van der Waals surface area contributed by atoms with Gasteiger partial charge in [0.05, 0.1) is 25.2 Å². The molecule has 0 radical (unpaired) electrons. The van der Waals surface area contributed by atoms with Gasteiger partial charge in [-0.2, -0.15) is 13.2 Å². The number of fused-ring (bicyclic) bond motifs is 1. The van der Waals surface area contributed by atoms with Crippen LogP contribution < -0.4 is 14.4 Å². The second-order valence-corrected chi connectivity index (χ2v) is 7.90. The summed E-state index contributed by atoms with van der Waals surface area (Å²) in [7, 11) is 0. The Labute approximate surface area is 177 Å². The maximum atomic E-state index is 12.9. The van der Waals surface area contributed by atoms with Crippen LogP contribution in [0.1, 0.15) is 29.3 Å². The summed E-state index contributed by atoms with van der Waals surface area (Å²) in [6, 6.07) is 7.77. The van der Waals surface area contributed by atoms with Crippen molar-refractivity contribution in [1.29, 1.82) is 0 Å². The Bertz CT molecular complexity index is 988. The van der Waals surface area contributed by atoms with E-state index in [1.165, 1.54) is 18.2 Å². The minimum Gasteiger partial charge on any atom is -0.507 e. The van der Waals surface area contributed by atoms with E-state index in [2.05, 4.69) is 0 Å². The van der Waals surface area contributed by atoms with E-state index >= 15 is 0 Å². The monoisotopic (exact) mass is 437 g/mol. The predicted molar refractivity (Wildman–Crippen MR) is 106 cm³/mol. The minimum absolute atomic E-state index is 0.0304. The second kappa shape index (κ2) is 7.96. The van der Waals surface area contributed by atoms with Crippen molar-refractivity contribution in [1.82, 2.24) is 0 Å². The molecule has 6 nitrogen and oxygen atoms in total. The highest BCUT2D eigenvalue weighted by atomic mass is 19.4. The lowest BCUT2D eigenvalue weighted by atomic mass is 9.91. The summed E-state index contributed by atoms with van der Waals surface area (Å²) < 4.78 is 55.7. The third-order valence-electron chi connectivity index (χ3n) is 5.32. The first-order valence-electron chi connectivity index (χ1n) is 9.87. The van der Waals surface area contributed by atoms with Crippen LogP contribution >= 0.6 is 0 Å². The van der Waals surface area contributed by atoms with Gasteiger partial charge in [-0.25, -0.2) is 0 Å². The number of rotatable bonds is 4. The van der Waals surface area contributed by atoms with Crippen molar-refractivity contribution in [3.8, 4) is 17.2 Å². The molecule has 1 N–H and O–H groups in total. The second-order valence-electron chi connectivity index (χ2n) is 7.90. The highest BCUT2D eigenvalue weighted by Gasteiger charge is 2.40. The number of nitrogens with zero attached hydrogens (tertiary/aromatic N) is 1. The number of ether oxygens (including phenoxy) is 3. The van der Waals surface area contributed by atoms with E-state index in [9.17, 15) is 23.1 Å². The minimum atomic E-state index is -4.48. The first kappa shape index (κ1) is 21.3. The van der Waals surface area contributed by atoms with Gasteiger partial charge in [0.15, 0.2) is 5.78 Å². The molecule has 1 atom stereocenters. The van der Waals surface area contributed by atoms with Gasteiger partial charge in [0, 0.05) is 30.9 Å². The van der Waals surface area contributed by atoms with Crippen LogP contribution in [-0.4, -0.2) is 49.4 Å². The van der Waals surface area contributed by atoms with Crippen LogP contribution in [0, 0.1) is 0 Å². The number of alkyl halides is 3. The van der Waals surface area contributed by atoms with Crippen LogP contribution in [-0.2, 0) is 10.9 Å². The first-order chi connectivity index (χ1) is 14.6. The lowest BCUT2D eigenvalue weighted by Crippen LogP contribution is -2.44. The molecule has 0 saturated carbocycles. The Morgan fingerprint density at radius 3 is 2.65 bits per heavy atom. The molecular formula is C22H22F3NO5. The molecule has 4 rings (SSSR count). The molecular weight excluding hydrogens is 415 g/mol. The summed E-state index contributed by atoms with van der Waals surface area (Å²) in [5.74, 6) is -0.219. The lowest BCUT2D eigenvalue weighted by Gasteiger charge is -2.36. The van der Waals surface area contributed by atoms with Gasteiger partial charge in [0.25, 0.3) is 0 Å². The number of carbonyl (C=O) groups is 1. The Kier molecular flexibility index (Phi) is 5.47. The molecule has 0 aromatic heterocycles. The average Bonchev–Trinajstić information content (AvgIpc) is 2.72. The van der Waals surface area contributed by atoms with E-state index in [1.54, 1.807) is 13.0 Å². The Morgan fingerprint density at radius 1 is 1.19 bits per heavy atom. The summed E-state index contributed by atoms with van der Waals surface area (Å²) in [5, 5.41) is 10.4. The van der Waals surface area contributed by atoms with Crippen molar-refractivity contribution in [3.05, 3.63) is 47.5 Å². The average molecular weight is 437 g/mol. The van der Waals surface area contributed by atoms with Crippen molar-refractivity contribution in [2.75, 3.05) is 37.8 Å². The number of phenolic OH excluding ortho intramolecular Hbond substituents is 1. The van der Waals surface area contributed by atoms with Gasteiger partial charge >= 0.3 is 6.18 Å². The number of Topliss-reactive ketones (excluding diaryl/α,β-unsaturated/α-hetero) is 1. The zero-order valence-electron chi connectivity index (χ0n) is 16.9. The third-order valence-corrected chi connectivity index (χ3v) is 5.32. The SMILES string of the molecule is CC1(COc2cccc(C(F)(F)F)c2)CC(=O)c2c(O)cc(N3CCOCC3)cc2O1. The highest BCUT2D eigenvalue weighted by Crippen LogP contribution is 2.42. The quantitative estimate of drug-likeness (QED) is 0.779.